The fraction of sp³-hybridized carbons (Fsp3) is 0.308. The fourth-order valence-electron chi connectivity index (χ4n) is 2.30. The minimum atomic E-state index is 0.610. The van der Waals surface area contributed by atoms with Gasteiger partial charge in [-0.05, 0) is 30.4 Å². The number of aromatic nitrogens is 2. The zero-order valence-corrected chi connectivity index (χ0v) is 9.06. The number of rotatable bonds is 3. The summed E-state index contributed by atoms with van der Waals surface area (Å²) < 4.78 is 0. The second-order valence-electron chi connectivity index (χ2n) is 4.40. The third kappa shape index (κ3) is 1.53. The molecule has 1 aromatic carbocycles. The second kappa shape index (κ2) is 3.76. The number of nitrogens with one attached hydrogen (secondary N) is 1. The van der Waals surface area contributed by atoms with E-state index in [1.165, 1.54) is 17.5 Å². The van der Waals surface area contributed by atoms with Crippen molar-refractivity contribution in [3.63, 3.8) is 0 Å². The molecular formula is C13H15N3. The van der Waals surface area contributed by atoms with Gasteiger partial charge >= 0.3 is 0 Å². The molecule has 0 radical (unpaired) electrons. The van der Waals surface area contributed by atoms with Crippen LogP contribution in [-0.4, -0.2) is 16.7 Å². The van der Waals surface area contributed by atoms with Crippen LogP contribution in [0.15, 0.2) is 36.5 Å². The average Bonchev–Trinajstić information content (AvgIpc) is 2.97. The first-order chi connectivity index (χ1) is 7.90. The van der Waals surface area contributed by atoms with Crippen LogP contribution < -0.4 is 5.73 Å². The van der Waals surface area contributed by atoms with E-state index < -0.39 is 0 Å². The normalized spacial score (nSPS) is 23.3. The lowest BCUT2D eigenvalue weighted by atomic mass is 10.0. The highest BCUT2D eigenvalue weighted by Crippen LogP contribution is 2.48. The van der Waals surface area contributed by atoms with E-state index in [4.69, 9.17) is 5.73 Å². The van der Waals surface area contributed by atoms with Gasteiger partial charge in [-0.15, -0.1) is 0 Å². The highest BCUT2D eigenvalue weighted by molar-refractivity contribution is 5.64. The topological polar surface area (TPSA) is 54.7 Å². The third-order valence-electron chi connectivity index (χ3n) is 3.36. The SMILES string of the molecule is NCC1CC1c1cn[nH]c1-c1ccccc1. The largest absolute Gasteiger partial charge is 0.330 e. The highest BCUT2D eigenvalue weighted by atomic mass is 15.1. The van der Waals surface area contributed by atoms with Gasteiger partial charge in [-0.2, -0.15) is 5.10 Å². The molecule has 1 aliphatic rings. The van der Waals surface area contributed by atoms with Crippen molar-refractivity contribution in [2.75, 3.05) is 6.54 Å². The first kappa shape index (κ1) is 9.60. The van der Waals surface area contributed by atoms with Gasteiger partial charge in [0.15, 0.2) is 0 Å². The predicted molar refractivity (Wildman–Crippen MR) is 63.9 cm³/mol. The van der Waals surface area contributed by atoms with Gasteiger partial charge in [0.1, 0.15) is 0 Å². The van der Waals surface area contributed by atoms with Crippen LogP contribution in [0.1, 0.15) is 17.9 Å². The molecule has 1 aliphatic carbocycles. The summed E-state index contributed by atoms with van der Waals surface area (Å²) in [7, 11) is 0. The van der Waals surface area contributed by atoms with Gasteiger partial charge in [0.25, 0.3) is 0 Å². The Morgan fingerprint density at radius 3 is 2.81 bits per heavy atom. The molecule has 2 atom stereocenters. The standard InChI is InChI=1S/C13H15N3/c14-7-10-6-11(10)12-8-15-16-13(12)9-4-2-1-3-5-9/h1-5,8,10-11H,6-7,14H2,(H,15,16). The van der Waals surface area contributed by atoms with Gasteiger partial charge in [-0.1, -0.05) is 30.3 Å². The molecular weight excluding hydrogens is 198 g/mol. The summed E-state index contributed by atoms with van der Waals surface area (Å²) >= 11 is 0. The van der Waals surface area contributed by atoms with E-state index in [0.717, 1.165) is 12.2 Å². The minimum Gasteiger partial charge on any atom is -0.330 e. The number of nitrogens with zero attached hydrogens (tertiary/aromatic N) is 1. The lowest BCUT2D eigenvalue weighted by molar-refractivity contribution is 0.810. The van der Waals surface area contributed by atoms with Crippen molar-refractivity contribution in [2.24, 2.45) is 11.7 Å². The minimum absolute atomic E-state index is 0.610. The smallest absolute Gasteiger partial charge is 0.0685 e. The molecule has 1 aromatic heterocycles. The summed E-state index contributed by atoms with van der Waals surface area (Å²) in [6.07, 6.45) is 3.15. The molecule has 0 amide bonds. The number of nitrogens with two attached hydrogens (primary N) is 1. The summed E-state index contributed by atoms with van der Waals surface area (Å²) in [6, 6.07) is 10.3. The van der Waals surface area contributed by atoms with Crippen LogP contribution in [0.4, 0.5) is 0 Å². The van der Waals surface area contributed by atoms with Crippen molar-refractivity contribution in [3.8, 4) is 11.3 Å². The van der Waals surface area contributed by atoms with Crippen molar-refractivity contribution in [1.29, 1.82) is 0 Å². The second-order valence-corrected chi connectivity index (χ2v) is 4.40. The lowest BCUT2D eigenvalue weighted by Gasteiger charge is -2.02. The Hall–Kier alpha value is -1.61. The van der Waals surface area contributed by atoms with Crippen LogP contribution >= 0.6 is 0 Å². The van der Waals surface area contributed by atoms with Gasteiger partial charge in [-0.3, -0.25) is 5.10 Å². The zero-order chi connectivity index (χ0) is 11.0. The Morgan fingerprint density at radius 1 is 1.31 bits per heavy atom. The Bertz CT molecular complexity index is 475. The molecule has 3 heteroatoms. The molecule has 3 rings (SSSR count). The summed E-state index contributed by atoms with van der Waals surface area (Å²) in [6.45, 7) is 0.782. The molecule has 1 fully saturated rings. The predicted octanol–water partition coefficient (Wildman–Crippen LogP) is 2.14. The van der Waals surface area contributed by atoms with Crippen LogP contribution in [0.25, 0.3) is 11.3 Å². The van der Waals surface area contributed by atoms with Crippen molar-refractivity contribution < 1.29 is 0 Å². The van der Waals surface area contributed by atoms with E-state index in [1.807, 2.05) is 24.4 Å². The Labute approximate surface area is 94.7 Å². The van der Waals surface area contributed by atoms with Gasteiger partial charge in [0.2, 0.25) is 0 Å². The highest BCUT2D eigenvalue weighted by Gasteiger charge is 2.39. The molecule has 0 aliphatic heterocycles. The first-order valence-electron chi connectivity index (χ1n) is 5.69. The lowest BCUT2D eigenvalue weighted by Crippen LogP contribution is -2.02. The fourth-order valence-corrected chi connectivity index (χ4v) is 2.30. The van der Waals surface area contributed by atoms with Crippen molar-refractivity contribution in [3.05, 3.63) is 42.1 Å². The maximum absolute atomic E-state index is 5.69. The van der Waals surface area contributed by atoms with E-state index in [2.05, 4.69) is 22.3 Å². The molecule has 1 heterocycles. The number of hydrogen-bond donors (Lipinski definition) is 2. The maximum Gasteiger partial charge on any atom is 0.0685 e. The summed E-state index contributed by atoms with van der Waals surface area (Å²) in [4.78, 5) is 0. The van der Waals surface area contributed by atoms with Crippen molar-refractivity contribution in [1.82, 2.24) is 10.2 Å². The van der Waals surface area contributed by atoms with E-state index in [9.17, 15) is 0 Å². The Balaban J connectivity index is 1.95. The van der Waals surface area contributed by atoms with Gasteiger partial charge in [0.05, 0.1) is 11.9 Å². The van der Waals surface area contributed by atoms with Gasteiger partial charge < -0.3 is 5.73 Å². The maximum atomic E-state index is 5.69. The van der Waals surface area contributed by atoms with Gasteiger partial charge in [0, 0.05) is 5.56 Å². The number of aromatic amines is 1. The van der Waals surface area contributed by atoms with Crippen molar-refractivity contribution >= 4 is 0 Å². The Kier molecular flexibility index (Phi) is 2.26. The third-order valence-corrected chi connectivity index (χ3v) is 3.36. The number of benzene rings is 1. The molecule has 2 unspecified atom stereocenters. The summed E-state index contributed by atoms with van der Waals surface area (Å²) in [5.41, 5.74) is 9.37. The number of hydrogen-bond acceptors (Lipinski definition) is 2. The quantitative estimate of drug-likeness (QED) is 0.820. The van der Waals surface area contributed by atoms with Crippen LogP contribution in [0.3, 0.4) is 0 Å². The molecule has 3 N–H and O–H groups in total. The van der Waals surface area contributed by atoms with E-state index >= 15 is 0 Å². The van der Waals surface area contributed by atoms with E-state index in [-0.39, 0.29) is 0 Å². The monoisotopic (exact) mass is 213 g/mol. The molecule has 82 valence electrons. The van der Waals surface area contributed by atoms with Crippen LogP contribution in [0.2, 0.25) is 0 Å². The Morgan fingerprint density at radius 2 is 2.12 bits per heavy atom. The van der Waals surface area contributed by atoms with Gasteiger partial charge in [-0.25, -0.2) is 0 Å². The molecule has 0 saturated heterocycles. The first-order valence-corrected chi connectivity index (χ1v) is 5.69. The van der Waals surface area contributed by atoms with E-state index in [1.54, 1.807) is 0 Å². The van der Waals surface area contributed by atoms with Crippen LogP contribution in [0, 0.1) is 5.92 Å². The summed E-state index contributed by atoms with van der Waals surface area (Å²) in [5.74, 6) is 1.26. The van der Waals surface area contributed by atoms with Crippen molar-refractivity contribution in [2.45, 2.75) is 12.3 Å². The summed E-state index contributed by atoms with van der Waals surface area (Å²) in [5, 5.41) is 7.26. The van der Waals surface area contributed by atoms with Crippen LogP contribution in [-0.2, 0) is 0 Å². The zero-order valence-electron chi connectivity index (χ0n) is 9.06. The average molecular weight is 213 g/mol. The molecule has 2 aromatic rings. The number of H-pyrrole nitrogens is 1. The van der Waals surface area contributed by atoms with E-state index in [0.29, 0.717) is 11.8 Å². The molecule has 0 bridgehead atoms. The van der Waals surface area contributed by atoms with Crippen LogP contribution in [0.5, 0.6) is 0 Å². The molecule has 3 nitrogen and oxygen atoms in total. The molecule has 0 spiro atoms. The molecule has 1 saturated carbocycles. The molecule has 16 heavy (non-hydrogen) atoms.